The van der Waals surface area contributed by atoms with Gasteiger partial charge in [-0.25, -0.2) is 0 Å². The highest BCUT2D eigenvalue weighted by atomic mass is 32.1. The predicted molar refractivity (Wildman–Crippen MR) is 49.8 cm³/mol. The first-order chi connectivity index (χ1) is 5.52. The van der Waals surface area contributed by atoms with Crippen molar-refractivity contribution in [2.24, 2.45) is 0 Å². The van der Waals surface area contributed by atoms with E-state index in [-0.39, 0.29) is 10.8 Å². The summed E-state index contributed by atoms with van der Waals surface area (Å²) in [6.45, 7) is 7.61. The first kappa shape index (κ1) is 9.06. The molecule has 1 aromatic rings. The second-order valence-corrected chi connectivity index (χ2v) is 3.96. The van der Waals surface area contributed by atoms with Gasteiger partial charge in [-0.05, 0) is 13.8 Å². The van der Waals surface area contributed by atoms with Crippen molar-refractivity contribution in [1.29, 1.82) is 0 Å². The first-order valence-corrected chi connectivity index (χ1v) is 4.37. The van der Waals surface area contributed by atoms with Crippen molar-refractivity contribution < 1.29 is 5.11 Å². The van der Waals surface area contributed by atoms with Crippen LogP contribution in [0.2, 0.25) is 0 Å². The van der Waals surface area contributed by atoms with E-state index in [0.29, 0.717) is 11.4 Å². The molecule has 1 rings (SSSR count). The van der Waals surface area contributed by atoms with Crippen LogP contribution < -0.4 is 4.87 Å². The fourth-order valence-electron chi connectivity index (χ4n) is 0.918. The van der Waals surface area contributed by atoms with E-state index < -0.39 is 0 Å². The highest BCUT2D eigenvalue weighted by Crippen LogP contribution is 2.18. The van der Waals surface area contributed by atoms with Crippen molar-refractivity contribution in [3.63, 3.8) is 0 Å². The average molecular weight is 185 g/mol. The summed E-state index contributed by atoms with van der Waals surface area (Å²) in [5, 5.41) is 9.40. The van der Waals surface area contributed by atoms with Crippen molar-refractivity contribution in [2.45, 2.75) is 20.4 Å². The lowest BCUT2D eigenvalue weighted by Crippen LogP contribution is -2.12. The highest BCUT2D eigenvalue weighted by Gasteiger charge is 2.09. The summed E-state index contributed by atoms with van der Waals surface area (Å²) in [5.74, 6) is 0.0630. The van der Waals surface area contributed by atoms with E-state index in [1.54, 1.807) is 6.92 Å². The van der Waals surface area contributed by atoms with Crippen molar-refractivity contribution in [3.05, 3.63) is 26.7 Å². The molecule has 0 atom stereocenters. The molecule has 3 nitrogen and oxygen atoms in total. The Morgan fingerprint density at radius 1 is 1.75 bits per heavy atom. The zero-order chi connectivity index (χ0) is 9.30. The fourth-order valence-corrected chi connectivity index (χ4v) is 1.64. The van der Waals surface area contributed by atoms with Gasteiger partial charge in [0.25, 0.3) is 0 Å². The van der Waals surface area contributed by atoms with Gasteiger partial charge in [0, 0.05) is 0 Å². The van der Waals surface area contributed by atoms with E-state index in [0.717, 1.165) is 16.9 Å². The maximum Gasteiger partial charge on any atom is 0.310 e. The molecular weight excluding hydrogens is 174 g/mol. The third-order valence-electron chi connectivity index (χ3n) is 1.46. The Labute approximate surface area is 74.6 Å². The first-order valence-electron chi connectivity index (χ1n) is 3.56. The summed E-state index contributed by atoms with van der Waals surface area (Å²) in [5.41, 5.74) is 0.852. The van der Waals surface area contributed by atoms with Gasteiger partial charge in [0.1, 0.15) is 0 Å². The minimum Gasteiger partial charge on any atom is -0.494 e. The molecule has 0 saturated carbocycles. The zero-order valence-electron chi connectivity index (χ0n) is 7.13. The predicted octanol–water partition coefficient (Wildman–Crippen LogP) is 1.50. The molecule has 0 unspecified atom stereocenters. The van der Waals surface area contributed by atoms with Crippen molar-refractivity contribution in [1.82, 2.24) is 4.57 Å². The lowest BCUT2D eigenvalue weighted by atomic mass is 10.3. The molecule has 0 bridgehead atoms. The van der Waals surface area contributed by atoms with Crippen LogP contribution in [-0.2, 0) is 6.54 Å². The molecule has 4 heteroatoms. The third-order valence-corrected chi connectivity index (χ3v) is 2.34. The number of allylic oxidation sites excluding steroid dienone is 1. The molecule has 1 heterocycles. The number of thiazole rings is 1. The van der Waals surface area contributed by atoms with Gasteiger partial charge >= 0.3 is 4.87 Å². The van der Waals surface area contributed by atoms with Crippen molar-refractivity contribution in [3.8, 4) is 5.88 Å². The Morgan fingerprint density at radius 2 is 2.33 bits per heavy atom. The van der Waals surface area contributed by atoms with E-state index in [4.69, 9.17) is 0 Å². The molecule has 0 amide bonds. The molecule has 0 spiro atoms. The molecule has 0 aliphatic carbocycles. The quantitative estimate of drug-likeness (QED) is 0.709. The van der Waals surface area contributed by atoms with Crippen LogP contribution in [-0.4, -0.2) is 9.67 Å². The standard InChI is InChI=1S/C8H11NO2S/c1-5(2)4-9-7(10)6(3)12-8(9)11/h10H,1,4H2,2-3H3. The maximum atomic E-state index is 11.2. The summed E-state index contributed by atoms with van der Waals surface area (Å²) in [6, 6.07) is 0. The van der Waals surface area contributed by atoms with Crippen LogP contribution in [0.3, 0.4) is 0 Å². The topological polar surface area (TPSA) is 42.2 Å². The van der Waals surface area contributed by atoms with Crippen molar-refractivity contribution in [2.75, 3.05) is 0 Å². The Bertz CT molecular complexity index is 362. The Kier molecular flexibility index (Phi) is 2.38. The minimum absolute atomic E-state index is 0.0630. The van der Waals surface area contributed by atoms with Gasteiger partial charge in [-0.1, -0.05) is 23.5 Å². The Balaban J connectivity index is 3.14. The lowest BCUT2D eigenvalue weighted by molar-refractivity contribution is 0.417. The number of rotatable bonds is 2. The van der Waals surface area contributed by atoms with E-state index >= 15 is 0 Å². The van der Waals surface area contributed by atoms with Crippen LogP contribution >= 0.6 is 11.3 Å². The van der Waals surface area contributed by atoms with E-state index in [9.17, 15) is 9.90 Å². The molecule has 0 aliphatic rings. The third kappa shape index (κ3) is 1.58. The summed E-state index contributed by atoms with van der Waals surface area (Å²) in [4.78, 5) is 11.7. The molecule has 0 aromatic carbocycles. The van der Waals surface area contributed by atoms with Crippen LogP contribution in [0.4, 0.5) is 0 Å². The fraction of sp³-hybridized carbons (Fsp3) is 0.375. The van der Waals surface area contributed by atoms with Gasteiger partial charge in [-0.15, -0.1) is 0 Å². The van der Waals surface area contributed by atoms with Crippen LogP contribution in [0.5, 0.6) is 5.88 Å². The largest absolute Gasteiger partial charge is 0.494 e. The van der Waals surface area contributed by atoms with Gasteiger partial charge in [0.2, 0.25) is 5.88 Å². The number of aryl methyl sites for hydroxylation is 1. The Hall–Kier alpha value is -1.03. The molecule has 66 valence electrons. The van der Waals surface area contributed by atoms with Crippen molar-refractivity contribution >= 4 is 11.3 Å². The normalized spacial score (nSPS) is 10.2. The van der Waals surface area contributed by atoms with Gasteiger partial charge in [-0.2, -0.15) is 0 Å². The molecule has 1 aromatic heterocycles. The molecular formula is C8H11NO2S. The number of nitrogens with zero attached hydrogens (tertiary/aromatic N) is 1. The summed E-state index contributed by atoms with van der Waals surface area (Å²) in [6.07, 6.45) is 0. The van der Waals surface area contributed by atoms with Gasteiger partial charge in [-0.3, -0.25) is 9.36 Å². The summed E-state index contributed by atoms with van der Waals surface area (Å²) < 4.78 is 1.32. The minimum atomic E-state index is -0.131. The molecule has 1 N–H and O–H groups in total. The SMILES string of the molecule is C=C(C)Cn1c(O)c(C)sc1=O. The zero-order valence-corrected chi connectivity index (χ0v) is 7.94. The number of aromatic nitrogens is 1. The molecule has 0 radical (unpaired) electrons. The number of hydrogen-bond acceptors (Lipinski definition) is 3. The van der Waals surface area contributed by atoms with Gasteiger partial charge in [0.05, 0.1) is 11.4 Å². The average Bonchev–Trinajstić information content (AvgIpc) is 2.16. The van der Waals surface area contributed by atoms with Crippen LogP contribution in [0, 0.1) is 6.92 Å². The number of hydrogen-bond donors (Lipinski definition) is 1. The second kappa shape index (κ2) is 3.15. The van der Waals surface area contributed by atoms with E-state index in [1.807, 2.05) is 6.92 Å². The summed E-state index contributed by atoms with van der Waals surface area (Å²) in [7, 11) is 0. The summed E-state index contributed by atoms with van der Waals surface area (Å²) >= 11 is 1.05. The molecule has 0 fully saturated rings. The second-order valence-electron chi connectivity index (χ2n) is 2.79. The highest BCUT2D eigenvalue weighted by molar-refractivity contribution is 7.09. The Morgan fingerprint density at radius 3 is 2.67 bits per heavy atom. The molecule has 0 saturated heterocycles. The lowest BCUT2D eigenvalue weighted by Gasteiger charge is -2.01. The monoisotopic (exact) mass is 185 g/mol. The van der Waals surface area contributed by atoms with Crippen LogP contribution in [0.1, 0.15) is 11.8 Å². The van der Waals surface area contributed by atoms with E-state index in [2.05, 4.69) is 6.58 Å². The van der Waals surface area contributed by atoms with Crippen LogP contribution in [0.25, 0.3) is 0 Å². The molecule has 12 heavy (non-hydrogen) atoms. The maximum absolute atomic E-state index is 11.2. The van der Waals surface area contributed by atoms with Crippen LogP contribution in [0.15, 0.2) is 16.9 Å². The smallest absolute Gasteiger partial charge is 0.310 e. The van der Waals surface area contributed by atoms with E-state index in [1.165, 1.54) is 4.57 Å². The molecule has 0 aliphatic heterocycles. The van der Waals surface area contributed by atoms with Gasteiger partial charge < -0.3 is 5.11 Å². The van der Waals surface area contributed by atoms with Gasteiger partial charge in [0.15, 0.2) is 0 Å². The number of aromatic hydroxyl groups is 1.